The largest absolute Gasteiger partial charge is 0.497 e. The lowest BCUT2D eigenvalue weighted by Gasteiger charge is -2.21. The molecule has 1 aromatic carbocycles. The van der Waals surface area contributed by atoms with E-state index < -0.39 is 6.10 Å². The summed E-state index contributed by atoms with van der Waals surface area (Å²) < 4.78 is 10.5. The van der Waals surface area contributed by atoms with Crippen LogP contribution >= 0.6 is 0 Å². The second kappa shape index (κ2) is 9.00. The first-order valence-corrected chi connectivity index (χ1v) is 7.62. The van der Waals surface area contributed by atoms with Gasteiger partial charge < -0.3 is 19.5 Å². The van der Waals surface area contributed by atoms with Gasteiger partial charge in [0.1, 0.15) is 12.4 Å². The van der Waals surface area contributed by atoms with Crippen molar-refractivity contribution in [3.8, 4) is 5.75 Å². The predicted molar refractivity (Wildman–Crippen MR) is 89.5 cm³/mol. The summed E-state index contributed by atoms with van der Waals surface area (Å²) in [6.07, 6.45) is 2.45. The minimum Gasteiger partial charge on any atom is -0.497 e. The number of aromatic nitrogens is 1. The van der Waals surface area contributed by atoms with E-state index in [4.69, 9.17) is 9.47 Å². The molecule has 1 atom stereocenters. The van der Waals surface area contributed by atoms with Crippen LogP contribution in [0.15, 0.2) is 48.8 Å². The smallest absolute Gasteiger partial charge is 0.248 e. The van der Waals surface area contributed by atoms with Crippen molar-refractivity contribution in [2.75, 3.05) is 27.3 Å². The number of pyridine rings is 1. The fourth-order valence-electron chi connectivity index (χ4n) is 2.13. The molecule has 1 heterocycles. The first-order valence-electron chi connectivity index (χ1n) is 7.62. The Labute approximate surface area is 141 Å². The van der Waals surface area contributed by atoms with Gasteiger partial charge in [0, 0.05) is 25.0 Å². The van der Waals surface area contributed by atoms with Gasteiger partial charge in [0.05, 0.1) is 26.4 Å². The number of benzene rings is 1. The highest BCUT2D eigenvalue weighted by Gasteiger charge is 2.15. The molecule has 128 valence electrons. The molecule has 1 N–H and O–H groups in total. The number of rotatable bonds is 8. The third-order valence-electron chi connectivity index (χ3n) is 3.60. The van der Waals surface area contributed by atoms with E-state index in [1.165, 1.54) is 4.90 Å². The molecule has 0 saturated carbocycles. The second-order valence-corrected chi connectivity index (χ2v) is 5.42. The molecule has 24 heavy (non-hydrogen) atoms. The Morgan fingerprint density at radius 3 is 2.67 bits per heavy atom. The zero-order valence-electron chi connectivity index (χ0n) is 13.9. The van der Waals surface area contributed by atoms with Crippen LogP contribution < -0.4 is 4.74 Å². The summed E-state index contributed by atoms with van der Waals surface area (Å²) in [5.74, 6) is 0.588. The molecule has 6 heteroatoms. The van der Waals surface area contributed by atoms with Crippen molar-refractivity contribution >= 4 is 5.91 Å². The lowest BCUT2D eigenvalue weighted by atomic mass is 10.1. The monoisotopic (exact) mass is 330 g/mol. The van der Waals surface area contributed by atoms with Crippen molar-refractivity contribution in [1.29, 1.82) is 0 Å². The SMILES string of the molecule is COc1ccc(COCC(=O)N(C)CC(O)c2cccnc2)cc1. The van der Waals surface area contributed by atoms with Crippen molar-refractivity contribution in [1.82, 2.24) is 9.88 Å². The molecule has 0 spiro atoms. The van der Waals surface area contributed by atoms with Crippen LogP contribution in [0.4, 0.5) is 0 Å². The van der Waals surface area contributed by atoms with E-state index in [0.717, 1.165) is 11.3 Å². The average Bonchev–Trinajstić information content (AvgIpc) is 2.62. The molecule has 0 radical (unpaired) electrons. The maximum Gasteiger partial charge on any atom is 0.248 e. The zero-order chi connectivity index (χ0) is 17.4. The van der Waals surface area contributed by atoms with Gasteiger partial charge in [-0.25, -0.2) is 0 Å². The van der Waals surface area contributed by atoms with Crippen LogP contribution in [-0.2, 0) is 16.1 Å². The van der Waals surface area contributed by atoms with Gasteiger partial charge in [-0.15, -0.1) is 0 Å². The fourth-order valence-corrected chi connectivity index (χ4v) is 2.13. The third kappa shape index (κ3) is 5.33. The number of aliphatic hydroxyl groups excluding tert-OH is 1. The Hall–Kier alpha value is -2.44. The van der Waals surface area contributed by atoms with E-state index in [9.17, 15) is 9.90 Å². The average molecular weight is 330 g/mol. The van der Waals surface area contributed by atoms with Gasteiger partial charge in [-0.2, -0.15) is 0 Å². The Bertz CT molecular complexity index is 631. The Kier molecular flexibility index (Phi) is 6.72. The number of carbonyl (C=O) groups is 1. The quantitative estimate of drug-likeness (QED) is 0.799. The molecular weight excluding hydrogens is 308 g/mol. The van der Waals surface area contributed by atoms with Crippen molar-refractivity contribution in [3.05, 3.63) is 59.9 Å². The summed E-state index contributed by atoms with van der Waals surface area (Å²) in [5, 5.41) is 10.1. The molecule has 1 aromatic heterocycles. The molecule has 0 fully saturated rings. The summed E-state index contributed by atoms with van der Waals surface area (Å²) in [7, 11) is 3.25. The number of hydrogen-bond acceptors (Lipinski definition) is 5. The Morgan fingerprint density at radius 2 is 2.04 bits per heavy atom. The van der Waals surface area contributed by atoms with Crippen LogP contribution in [-0.4, -0.2) is 48.2 Å². The lowest BCUT2D eigenvalue weighted by Crippen LogP contribution is -2.33. The van der Waals surface area contributed by atoms with Crippen LogP contribution in [0.3, 0.4) is 0 Å². The van der Waals surface area contributed by atoms with Gasteiger partial charge in [-0.05, 0) is 23.8 Å². The van der Waals surface area contributed by atoms with Gasteiger partial charge >= 0.3 is 0 Å². The van der Waals surface area contributed by atoms with Gasteiger partial charge in [0.2, 0.25) is 5.91 Å². The number of hydrogen-bond donors (Lipinski definition) is 1. The predicted octanol–water partition coefficient (Wildman–Crippen LogP) is 1.80. The highest BCUT2D eigenvalue weighted by Crippen LogP contribution is 2.13. The standard InChI is InChI=1S/C18H22N2O4/c1-20(11-17(21)15-4-3-9-19-10-15)18(22)13-24-12-14-5-7-16(23-2)8-6-14/h3-10,17,21H,11-13H2,1-2H3. The summed E-state index contributed by atoms with van der Waals surface area (Å²) in [6, 6.07) is 11.0. The van der Waals surface area contributed by atoms with Gasteiger partial charge in [0.15, 0.2) is 0 Å². The number of nitrogens with zero attached hydrogens (tertiary/aromatic N) is 2. The number of ether oxygens (including phenoxy) is 2. The maximum atomic E-state index is 12.1. The summed E-state index contributed by atoms with van der Waals surface area (Å²) in [4.78, 5) is 17.5. The second-order valence-electron chi connectivity index (χ2n) is 5.42. The van der Waals surface area contributed by atoms with Gasteiger partial charge in [-0.3, -0.25) is 9.78 Å². The number of aliphatic hydroxyl groups is 1. The maximum absolute atomic E-state index is 12.1. The lowest BCUT2D eigenvalue weighted by molar-refractivity contribution is -0.136. The molecule has 2 rings (SSSR count). The highest BCUT2D eigenvalue weighted by atomic mass is 16.5. The number of likely N-dealkylation sites (N-methyl/N-ethyl adjacent to an activating group) is 1. The van der Waals surface area contributed by atoms with Gasteiger partial charge in [0.25, 0.3) is 0 Å². The molecule has 6 nitrogen and oxygen atoms in total. The summed E-state index contributed by atoms with van der Waals surface area (Å²) in [5.41, 5.74) is 1.64. The number of carbonyl (C=O) groups excluding carboxylic acids is 1. The molecule has 0 bridgehead atoms. The Morgan fingerprint density at radius 1 is 1.29 bits per heavy atom. The molecule has 2 aromatic rings. The summed E-state index contributed by atoms with van der Waals surface area (Å²) in [6.45, 7) is 0.493. The third-order valence-corrected chi connectivity index (χ3v) is 3.60. The van der Waals surface area contributed by atoms with Crippen LogP contribution in [0.25, 0.3) is 0 Å². The van der Waals surface area contributed by atoms with Crippen LogP contribution in [0.1, 0.15) is 17.2 Å². The topological polar surface area (TPSA) is 71.9 Å². The van der Waals surface area contributed by atoms with Crippen molar-refractivity contribution in [3.63, 3.8) is 0 Å². The minimum absolute atomic E-state index is 0.0394. The fraction of sp³-hybridized carbons (Fsp3) is 0.333. The van der Waals surface area contributed by atoms with Crippen molar-refractivity contribution in [2.45, 2.75) is 12.7 Å². The first-order chi connectivity index (χ1) is 11.6. The Balaban J connectivity index is 1.75. The van der Waals surface area contributed by atoms with Gasteiger partial charge in [-0.1, -0.05) is 18.2 Å². The molecule has 0 saturated heterocycles. The first kappa shape index (κ1) is 17.9. The highest BCUT2D eigenvalue weighted by molar-refractivity contribution is 5.77. The normalized spacial score (nSPS) is 11.8. The molecule has 0 aliphatic rings. The molecule has 1 unspecified atom stereocenters. The van der Waals surface area contributed by atoms with E-state index in [1.54, 1.807) is 38.7 Å². The van der Waals surface area contributed by atoms with E-state index >= 15 is 0 Å². The van der Waals surface area contributed by atoms with Crippen LogP contribution in [0, 0.1) is 0 Å². The molecule has 1 amide bonds. The number of methoxy groups -OCH3 is 1. The minimum atomic E-state index is -0.769. The van der Waals surface area contributed by atoms with Crippen LogP contribution in [0.2, 0.25) is 0 Å². The van der Waals surface area contributed by atoms with E-state index in [2.05, 4.69) is 4.98 Å². The molecular formula is C18H22N2O4. The van der Waals surface area contributed by atoms with E-state index in [1.807, 2.05) is 24.3 Å². The van der Waals surface area contributed by atoms with E-state index in [0.29, 0.717) is 12.2 Å². The van der Waals surface area contributed by atoms with Crippen molar-refractivity contribution in [2.24, 2.45) is 0 Å². The zero-order valence-corrected chi connectivity index (χ0v) is 13.9. The van der Waals surface area contributed by atoms with Crippen molar-refractivity contribution < 1.29 is 19.4 Å². The number of amides is 1. The molecule has 0 aliphatic heterocycles. The van der Waals surface area contributed by atoms with E-state index in [-0.39, 0.29) is 19.1 Å². The summed E-state index contributed by atoms with van der Waals surface area (Å²) >= 11 is 0. The molecule has 0 aliphatic carbocycles. The van der Waals surface area contributed by atoms with Crippen LogP contribution in [0.5, 0.6) is 5.75 Å².